The SMILES string of the molecule is Cc1[nH]c(=O)n(C)c(=O)c1CCC(=O)NC(C)c1ccccc1. The van der Waals surface area contributed by atoms with Gasteiger partial charge in [-0.3, -0.25) is 14.2 Å². The monoisotopic (exact) mass is 315 g/mol. The Balaban J connectivity index is 2.02. The van der Waals surface area contributed by atoms with Crippen LogP contribution in [0, 0.1) is 6.92 Å². The maximum atomic E-state index is 12.1. The molecule has 0 radical (unpaired) electrons. The fraction of sp³-hybridized carbons (Fsp3) is 0.353. The van der Waals surface area contributed by atoms with Crippen molar-refractivity contribution in [2.75, 3.05) is 0 Å². The van der Waals surface area contributed by atoms with Gasteiger partial charge in [0.15, 0.2) is 0 Å². The lowest BCUT2D eigenvalue weighted by molar-refractivity contribution is -0.121. The maximum absolute atomic E-state index is 12.1. The van der Waals surface area contributed by atoms with E-state index in [1.165, 1.54) is 7.05 Å². The summed E-state index contributed by atoms with van der Waals surface area (Å²) in [6.07, 6.45) is 0.488. The van der Waals surface area contributed by atoms with Gasteiger partial charge in [0, 0.05) is 24.7 Å². The number of aryl methyl sites for hydroxylation is 1. The second-order valence-electron chi connectivity index (χ2n) is 5.60. The van der Waals surface area contributed by atoms with Crippen molar-refractivity contribution >= 4 is 5.91 Å². The molecule has 2 N–H and O–H groups in total. The summed E-state index contributed by atoms with van der Waals surface area (Å²) in [5.74, 6) is -0.131. The number of benzene rings is 1. The molecule has 1 unspecified atom stereocenters. The predicted octanol–water partition coefficient (Wildman–Crippen LogP) is 1.19. The molecule has 0 saturated heterocycles. The fourth-order valence-electron chi connectivity index (χ4n) is 2.45. The molecular weight excluding hydrogens is 294 g/mol. The lowest BCUT2D eigenvalue weighted by Gasteiger charge is -2.14. The van der Waals surface area contributed by atoms with E-state index in [2.05, 4.69) is 10.3 Å². The molecule has 2 rings (SSSR count). The van der Waals surface area contributed by atoms with Crippen molar-refractivity contribution in [3.63, 3.8) is 0 Å². The first kappa shape index (κ1) is 16.7. The van der Waals surface area contributed by atoms with Gasteiger partial charge in [0.05, 0.1) is 6.04 Å². The van der Waals surface area contributed by atoms with Crippen LogP contribution in [0.4, 0.5) is 0 Å². The summed E-state index contributed by atoms with van der Waals surface area (Å²) in [5, 5.41) is 2.91. The number of hydrogen-bond acceptors (Lipinski definition) is 3. The highest BCUT2D eigenvalue weighted by molar-refractivity contribution is 5.76. The molecule has 2 aromatic rings. The Morgan fingerprint density at radius 2 is 1.91 bits per heavy atom. The van der Waals surface area contributed by atoms with E-state index >= 15 is 0 Å². The molecule has 0 aliphatic heterocycles. The van der Waals surface area contributed by atoms with Crippen LogP contribution < -0.4 is 16.6 Å². The van der Waals surface area contributed by atoms with Crippen LogP contribution in [0.25, 0.3) is 0 Å². The summed E-state index contributed by atoms with van der Waals surface area (Å²) in [4.78, 5) is 38.3. The summed E-state index contributed by atoms with van der Waals surface area (Å²) < 4.78 is 1.02. The molecule has 23 heavy (non-hydrogen) atoms. The standard InChI is InChI=1S/C17H21N3O3/c1-11(13-7-5-4-6-8-13)18-15(21)10-9-14-12(2)19-17(23)20(3)16(14)22/h4-8,11H,9-10H2,1-3H3,(H,18,21)(H,19,23). The van der Waals surface area contributed by atoms with Gasteiger partial charge in [-0.15, -0.1) is 0 Å². The van der Waals surface area contributed by atoms with Crippen molar-refractivity contribution in [2.45, 2.75) is 32.7 Å². The van der Waals surface area contributed by atoms with Gasteiger partial charge < -0.3 is 10.3 Å². The Morgan fingerprint density at radius 1 is 1.26 bits per heavy atom. The molecule has 1 aromatic heterocycles. The predicted molar refractivity (Wildman–Crippen MR) is 88.4 cm³/mol. The van der Waals surface area contributed by atoms with Crippen LogP contribution in [0.1, 0.15) is 36.2 Å². The topological polar surface area (TPSA) is 84.0 Å². The van der Waals surface area contributed by atoms with Crippen molar-refractivity contribution in [3.05, 3.63) is 68.0 Å². The zero-order valence-electron chi connectivity index (χ0n) is 13.6. The van der Waals surface area contributed by atoms with Gasteiger partial charge in [-0.05, 0) is 25.8 Å². The zero-order chi connectivity index (χ0) is 17.0. The molecule has 6 nitrogen and oxygen atoms in total. The van der Waals surface area contributed by atoms with Crippen LogP contribution in [0.3, 0.4) is 0 Å². The van der Waals surface area contributed by atoms with Crippen molar-refractivity contribution in [2.24, 2.45) is 7.05 Å². The normalized spacial score (nSPS) is 12.0. The Labute approximate surface area is 134 Å². The molecule has 0 saturated carbocycles. The molecule has 0 bridgehead atoms. The molecule has 1 atom stereocenters. The quantitative estimate of drug-likeness (QED) is 0.869. The third-order valence-electron chi connectivity index (χ3n) is 3.89. The second-order valence-corrected chi connectivity index (χ2v) is 5.60. The molecule has 1 amide bonds. The van der Waals surface area contributed by atoms with Crippen molar-refractivity contribution in [1.29, 1.82) is 0 Å². The van der Waals surface area contributed by atoms with Crippen LogP contribution in [-0.4, -0.2) is 15.5 Å². The molecule has 0 spiro atoms. The molecule has 1 heterocycles. The first-order valence-electron chi connectivity index (χ1n) is 7.53. The van der Waals surface area contributed by atoms with Crippen LogP contribution in [0.5, 0.6) is 0 Å². The molecule has 1 aromatic carbocycles. The van der Waals surface area contributed by atoms with E-state index in [1.54, 1.807) is 6.92 Å². The van der Waals surface area contributed by atoms with Gasteiger partial charge in [-0.2, -0.15) is 0 Å². The molecule has 0 aliphatic carbocycles. The first-order chi connectivity index (χ1) is 10.9. The van der Waals surface area contributed by atoms with Gasteiger partial charge in [-0.1, -0.05) is 30.3 Å². The maximum Gasteiger partial charge on any atom is 0.328 e. The van der Waals surface area contributed by atoms with E-state index in [-0.39, 0.29) is 23.9 Å². The fourth-order valence-corrected chi connectivity index (χ4v) is 2.45. The Hall–Kier alpha value is -2.63. The lowest BCUT2D eigenvalue weighted by Crippen LogP contribution is -2.36. The van der Waals surface area contributed by atoms with E-state index in [0.29, 0.717) is 17.7 Å². The molecule has 6 heteroatoms. The van der Waals surface area contributed by atoms with Crippen LogP contribution in [-0.2, 0) is 18.3 Å². The average molecular weight is 315 g/mol. The molecular formula is C17H21N3O3. The number of carbonyl (C=O) groups is 1. The van der Waals surface area contributed by atoms with Gasteiger partial charge in [-0.25, -0.2) is 4.79 Å². The molecule has 122 valence electrons. The number of nitrogens with one attached hydrogen (secondary N) is 2. The van der Waals surface area contributed by atoms with Gasteiger partial charge in [0.2, 0.25) is 5.91 Å². The summed E-state index contributed by atoms with van der Waals surface area (Å²) in [6, 6.07) is 9.58. The van der Waals surface area contributed by atoms with Crippen molar-refractivity contribution in [1.82, 2.24) is 14.9 Å². The number of hydrogen-bond donors (Lipinski definition) is 2. The van der Waals surface area contributed by atoms with Crippen molar-refractivity contribution in [3.8, 4) is 0 Å². The number of rotatable bonds is 5. The van der Waals surface area contributed by atoms with E-state index < -0.39 is 5.69 Å². The Morgan fingerprint density at radius 3 is 2.57 bits per heavy atom. The van der Waals surface area contributed by atoms with Crippen molar-refractivity contribution < 1.29 is 4.79 Å². The lowest BCUT2D eigenvalue weighted by atomic mass is 10.1. The highest BCUT2D eigenvalue weighted by atomic mass is 16.2. The minimum atomic E-state index is -0.446. The van der Waals surface area contributed by atoms with Crippen LogP contribution in [0.15, 0.2) is 39.9 Å². The van der Waals surface area contributed by atoms with E-state index in [4.69, 9.17) is 0 Å². The number of aromatic amines is 1. The van der Waals surface area contributed by atoms with E-state index in [1.807, 2.05) is 37.3 Å². The first-order valence-corrected chi connectivity index (χ1v) is 7.53. The number of nitrogens with zero attached hydrogens (tertiary/aromatic N) is 1. The molecule has 0 aliphatic rings. The van der Waals surface area contributed by atoms with Gasteiger partial charge in [0.1, 0.15) is 0 Å². The zero-order valence-corrected chi connectivity index (χ0v) is 13.6. The Kier molecular flexibility index (Phi) is 5.16. The number of H-pyrrole nitrogens is 1. The second kappa shape index (κ2) is 7.09. The third kappa shape index (κ3) is 3.97. The van der Waals surface area contributed by atoms with Crippen LogP contribution >= 0.6 is 0 Å². The smallest absolute Gasteiger partial charge is 0.328 e. The highest BCUT2D eigenvalue weighted by Gasteiger charge is 2.13. The highest BCUT2D eigenvalue weighted by Crippen LogP contribution is 2.11. The van der Waals surface area contributed by atoms with Crippen LogP contribution in [0.2, 0.25) is 0 Å². The average Bonchev–Trinajstić information content (AvgIpc) is 2.53. The number of amides is 1. The summed E-state index contributed by atoms with van der Waals surface area (Å²) in [7, 11) is 1.42. The minimum absolute atomic E-state index is 0.0942. The van der Waals surface area contributed by atoms with E-state index in [9.17, 15) is 14.4 Å². The summed E-state index contributed by atoms with van der Waals surface area (Å²) >= 11 is 0. The Bertz CT molecular complexity index is 806. The largest absolute Gasteiger partial charge is 0.350 e. The van der Waals surface area contributed by atoms with E-state index in [0.717, 1.165) is 10.1 Å². The van der Waals surface area contributed by atoms with Gasteiger partial charge in [0.25, 0.3) is 5.56 Å². The molecule has 0 fully saturated rings. The van der Waals surface area contributed by atoms with Gasteiger partial charge >= 0.3 is 5.69 Å². The number of aromatic nitrogens is 2. The minimum Gasteiger partial charge on any atom is -0.350 e. The summed E-state index contributed by atoms with van der Waals surface area (Å²) in [6.45, 7) is 3.58. The number of carbonyl (C=O) groups excluding carboxylic acids is 1. The summed E-state index contributed by atoms with van der Waals surface area (Å²) in [5.41, 5.74) is 1.21. The third-order valence-corrected chi connectivity index (χ3v) is 3.89.